The molecule has 0 aromatic rings. The Labute approximate surface area is 99.1 Å². The molecular weight excluding hydrogens is 202 g/mol. The number of hydrogen-bond donors (Lipinski definition) is 0. The predicted molar refractivity (Wildman–Crippen MR) is 65.3 cm³/mol. The summed E-state index contributed by atoms with van der Waals surface area (Å²) in [5.74, 6) is 0.771. The molecule has 3 heteroatoms. The van der Waals surface area contributed by atoms with E-state index in [4.69, 9.17) is 0 Å². The van der Waals surface area contributed by atoms with Crippen LogP contribution in [0.2, 0.25) is 0 Å². The van der Waals surface area contributed by atoms with E-state index in [0.29, 0.717) is 6.42 Å². The molecule has 2 unspecified atom stereocenters. The Balaban J connectivity index is 2.18. The van der Waals surface area contributed by atoms with Crippen LogP contribution in [0.3, 0.4) is 0 Å². The van der Waals surface area contributed by atoms with Gasteiger partial charge in [-0.25, -0.2) is 0 Å². The number of ether oxygens (including phenoxy) is 1. The fourth-order valence-corrected chi connectivity index (χ4v) is 2.56. The molecule has 0 radical (unpaired) electrons. The maximum Gasteiger partial charge on any atom is 0.305 e. The van der Waals surface area contributed by atoms with Crippen LogP contribution in [0.1, 0.15) is 45.4 Å². The molecule has 0 saturated heterocycles. The number of esters is 1. The fourth-order valence-electron chi connectivity index (χ4n) is 2.56. The number of carbonyl (C=O) groups is 1. The average molecular weight is 227 g/mol. The Kier molecular flexibility index (Phi) is 5.81. The van der Waals surface area contributed by atoms with E-state index in [9.17, 15) is 4.79 Å². The standard InChI is InChI=1S/C13H25NO2/c1-11-6-4-7-12(10-11)14(2)9-5-8-13(15)16-3/h11-12H,4-10H2,1-3H3. The first-order valence-corrected chi connectivity index (χ1v) is 6.40. The largest absolute Gasteiger partial charge is 0.469 e. The van der Waals surface area contributed by atoms with Crippen molar-refractivity contribution in [3.05, 3.63) is 0 Å². The van der Waals surface area contributed by atoms with E-state index in [2.05, 4.69) is 23.6 Å². The van der Waals surface area contributed by atoms with Crippen molar-refractivity contribution in [2.75, 3.05) is 20.7 Å². The number of nitrogens with zero attached hydrogens (tertiary/aromatic N) is 1. The molecule has 0 bridgehead atoms. The molecule has 3 nitrogen and oxygen atoms in total. The van der Waals surface area contributed by atoms with E-state index < -0.39 is 0 Å². The minimum absolute atomic E-state index is 0.0922. The molecule has 1 aliphatic carbocycles. The van der Waals surface area contributed by atoms with Crippen LogP contribution in [0.25, 0.3) is 0 Å². The molecule has 0 spiro atoms. The summed E-state index contributed by atoms with van der Waals surface area (Å²) in [5, 5.41) is 0. The zero-order chi connectivity index (χ0) is 12.0. The van der Waals surface area contributed by atoms with Gasteiger partial charge in [-0.2, -0.15) is 0 Å². The molecular formula is C13H25NO2. The van der Waals surface area contributed by atoms with Crippen molar-refractivity contribution in [2.24, 2.45) is 5.92 Å². The second kappa shape index (κ2) is 6.89. The molecule has 1 fully saturated rings. The Morgan fingerprint density at radius 3 is 2.81 bits per heavy atom. The summed E-state index contributed by atoms with van der Waals surface area (Å²) in [4.78, 5) is 13.4. The Hall–Kier alpha value is -0.570. The van der Waals surface area contributed by atoms with E-state index in [1.807, 2.05) is 0 Å². The minimum atomic E-state index is -0.0922. The molecule has 1 saturated carbocycles. The van der Waals surface area contributed by atoms with Crippen molar-refractivity contribution in [2.45, 2.75) is 51.5 Å². The first-order valence-electron chi connectivity index (χ1n) is 6.40. The van der Waals surface area contributed by atoms with Gasteiger partial charge in [0.1, 0.15) is 0 Å². The van der Waals surface area contributed by atoms with Gasteiger partial charge >= 0.3 is 5.97 Å². The molecule has 0 amide bonds. The van der Waals surface area contributed by atoms with E-state index in [-0.39, 0.29) is 5.97 Å². The van der Waals surface area contributed by atoms with Crippen LogP contribution in [-0.2, 0) is 9.53 Å². The summed E-state index contributed by atoms with van der Waals surface area (Å²) in [6.45, 7) is 3.35. The van der Waals surface area contributed by atoms with E-state index in [1.54, 1.807) is 0 Å². The van der Waals surface area contributed by atoms with Crippen LogP contribution >= 0.6 is 0 Å². The molecule has 1 rings (SSSR count). The predicted octanol–water partition coefficient (Wildman–Crippen LogP) is 2.45. The first-order chi connectivity index (χ1) is 7.63. The van der Waals surface area contributed by atoms with Crippen LogP contribution in [0.5, 0.6) is 0 Å². The highest BCUT2D eigenvalue weighted by Gasteiger charge is 2.21. The van der Waals surface area contributed by atoms with E-state index in [1.165, 1.54) is 32.8 Å². The summed E-state index contributed by atoms with van der Waals surface area (Å²) in [6, 6.07) is 0.724. The lowest BCUT2D eigenvalue weighted by Gasteiger charge is -2.34. The van der Waals surface area contributed by atoms with Crippen molar-refractivity contribution in [3.63, 3.8) is 0 Å². The van der Waals surface area contributed by atoms with Gasteiger partial charge in [-0.05, 0) is 38.8 Å². The van der Waals surface area contributed by atoms with Gasteiger partial charge in [-0.1, -0.05) is 19.8 Å². The minimum Gasteiger partial charge on any atom is -0.469 e. The van der Waals surface area contributed by atoms with Gasteiger partial charge in [0, 0.05) is 12.5 Å². The smallest absolute Gasteiger partial charge is 0.305 e. The molecule has 0 heterocycles. The Bertz CT molecular complexity index is 218. The third-order valence-corrected chi connectivity index (χ3v) is 3.65. The fraction of sp³-hybridized carbons (Fsp3) is 0.923. The lowest BCUT2D eigenvalue weighted by Crippen LogP contribution is -2.36. The van der Waals surface area contributed by atoms with Gasteiger partial charge in [0.2, 0.25) is 0 Å². The van der Waals surface area contributed by atoms with Gasteiger partial charge < -0.3 is 9.64 Å². The number of hydrogen-bond acceptors (Lipinski definition) is 3. The monoisotopic (exact) mass is 227 g/mol. The Morgan fingerprint density at radius 1 is 1.44 bits per heavy atom. The lowest BCUT2D eigenvalue weighted by molar-refractivity contribution is -0.140. The number of carbonyl (C=O) groups excluding carboxylic acids is 1. The first kappa shape index (κ1) is 13.5. The quantitative estimate of drug-likeness (QED) is 0.676. The average Bonchev–Trinajstić information content (AvgIpc) is 2.28. The third kappa shape index (κ3) is 4.52. The molecule has 0 aliphatic heterocycles. The normalized spacial score (nSPS) is 25.8. The molecule has 1 aliphatic rings. The van der Waals surface area contributed by atoms with Crippen LogP contribution in [0.4, 0.5) is 0 Å². The summed E-state index contributed by atoms with van der Waals surface area (Å²) < 4.78 is 4.64. The second-order valence-corrected chi connectivity index (χ2v) is 5.09. The van der Waals surface area contributed by atoms with Crippen LogP contribution in [-0.4, -0.2) is 37.6 Å². The third-order valence-electron chi connectivity index (χ3n) is 3.65. The molecule has 16 heavy (non-hydrogen) atoms. The van der Waals surface area contributed by atoms with Crippen molar-refractivity contribution < 1.29 is 9.53 Å². The molecule has 0 aromatic carbocycles. The van der Waals surface area contributed by atoms with Gasteiger partial charge in [0.25, 0.3) is 0 Å². The van der Waals surface area contributed by atoms with Gasteiger partial charge in [0.15, 0.2) is 0 Å². The molecule has 0 N–H and O–H groups in total. The molecule has 0 aromatic heterocycles. The van der Waals surface area contributed by atoms with Crippen LogP contribution in [0.15, 0.2) is 0 Å². The number of rotatable bonds is 5. The Morgan fingerprint density at radius 2 is 2.19 bits per heavy atom. The van der Waals surface area contributed by atoms with Crippen molar-refractivity contribution in [3.8, 4) is 0 Å². The topological polar surface area (TPSA) is 29.5 Å². The SMILES string of the molecule is COC(=O)CCCN(C)C1CCCC(C)C1. The summed E-state index contributed by atoms with van der Waals surface area (Å²) >= 11 is 0. The lowest BCUT2D eigenvalue weighted by atomic mass is 9.86. The highest BCUT2D eigenvalue weighted by Crippen LogP contribution is 2.26. The maximum atomic E-state index is 11.0. The second-order valence-electron chi connectivity index (χ2n) is 5.09. The molecule has 2 atom stereocenters. The zero-order valence-corrected chi connectivity index (χ0v) is 10.9. The summed E-state index contributed by atoms with van der Waals surface area (Å²) in [6.07, 6.45) is 6.82. The van der Waals surface area contributed by atoms with Gasteiger partial charge in [0.05, 0.1) is 7.11 Å². The van der Waals surface area contributed by atoms with E-state index in [0.717, 1.165) is 24.9 Å². The van der Waals surface area contributed by atoms with Gasteiger partial charge in [-0.3, -0.25) is 4.79 Å². The highest BCUT2D eigenvalue weighted by atomic mass is 16.5. The number of methoxy groups -OCH3 is 1. The molecule has 94 valence electrons. The van der Waals surface area contributed by atoms with Crippen molar-refractivity contribution >= 4 is 5.97 Å². The van der Waals surface area contributed by atoms with E-state index >= 15 is 0 Å². The maximum absolute atomic E-state index is 11.0. The highest BCUT2D eigenvalue weighted by molar-refractivity contribution is 5.69. The van der Waals surface area contributed by atoms with Crippen molar-refractivity contribution in [1.29, 1.82) is 0 Å². The van der Waals surface area contributed by atoms with Crippen LogP contribution < -0.4 is 0 Å². The summed E-state index contributed by atoms with van der Waals surface area (Å²) in [7, 11) is 3.63. The summed E-state index contributed by atoms with van der Waals surface area (Å²) in [5.41, 5.74) is 0. The van der Waals surface area contributed by atoms with Crippen molar-refractivity contribution in [1.82, 2.24) is 4.90 Å². The van der Waals surface area contributed by atoms with Gasteiger partial charge in [-0.15, -0.1) is 0 Å². The van der Waals surface area contributed by atoms with Crippen LogP contribution in [0, 0.1) is 5.92 Å². The zero-order valence-electron chi connectivity index (χ0n) is 10.9.